The molecule has 0 radical (unpaired) electrons. The van der Waals surface area contributed by atoms with E-state index < -0.39 is 0 Å². The van der Waals surface area contributed by atoms with Crippen LogP contribution in [0.1, 0.15) is 35.5 Å². The summed E-state index contributed by atoms with van der Waals surface area (Å²) < 4.78 is 0. The highest BCUT2D eigenvalue weighted by atomic mass is 16.1. The van der Waals surface area contributed by atoms with Gasteiger partial charge in [-0.2, -0.15) is 0 Å². The molecule has 4 heteroatoms. The Morgan fingerprint density at radius 1 is 1.23 bits per heavy atom. The first-order valence-electron chi connectivity index (χ1n) is 8.15. The van der Waals surface area contributed by atoms with Gasteiger partial charge in [-0.3, -0.25) is 9.69 Å². The largest absolute Gasteiger partial charge is 0.310 e. The summed E-state index contributed by atoms with van der Waals surface area (Å²) in [5.41, 5.74) is 3.28. The van der Waals surface area contributed by atoms with Gasteiger partial charge in [0.2, 0.25) is 0 Å². The zero-order valence-corrected chi connectivity index (χ0v) is 12.7. The monoisotopic (exact) mass is 295 g/mol. The second-order valence-corrected chi connectivity index (χ2v) is 6.53. The molecule has 0 spiro atoms. The van der Waals surface area contributed by atoms with Gasteiger partial charge >= 0.3 is 0 Å². The van der Waals surface area contributed by atoms with Gasteiger partial charge in [-0.25, -0.2) is 4.98 Å². The molecule has 1 aliphatic carbocycles. The number of rotatable bonds is 4. The summed E-state index contributed by atoms with van der Waals surface area (Å²) in [5.74, 6) is 1.62. The van der Waals surface area contributed by atoms with Gasteiger partial charge in [-0.15, -0.1) is 0 Å². The number of aromatic amines is 1. The van der Waals surface area contributed by atoms with Gasteiger partial charge in [0.05, 0.1) is 5.69 Å². The van der Waals surface area contributed by atoms with Crippen molar-refractivity contribution in [3.63, 3.8) is 0 Å². The Morgan fingerprint density at radius 3 is 2.82 bits per heavy atom. The number of fused-ring (bicyclic) bond motifs is 1. The first-order valence-corrected chi connectivity index (χ1v) is 8.15. The normalized spacial score (nSPS) is 18.2. The van der Waals surface area contributed by atoms with E-state index in [0.29, 0.717) is 0 Å². The van der Waals surface area contributed by atoms with Crippen molar-refractivity contribution in [2.24, 2.45) is 5.92 Å². The van der Waals surface area contributed by atoms with Crippen LogP contribution in [0.5, 0.6) is 0 Å². The average Bonchev–Trinajstić information content (AvgIpc) is 3.32. The van der Waals surface area contributed by atoms with Crippen LogP contribution in [0.3, 0.4) is 0 Å². The van der Waals surface area contributed by atoms with Gasteiger partial charge in [0, 0.05) is 31.6 Å². The minimum Gasteiger partial charge on any atom is -0.310 e. The molecule has 1 N–H and O–H groups in total. The van der Waals surface area contributed by atoms with E-state index in [1.807, 2.05) is 6.07 Å². The highest BCUT2D eigenvalue weighted by molar-refractivity contribution is 5.22. The van der Waals surface area contributed by atoms with Crippen molar-refractivity contribution >= 4 is 0 Å². The second-order valence-electron chi connectivity index (χ2n) is 6.53. The van der Waals surface area contributed by atoms with Crippen LogP contribution in [0, 0.1) is 5.92 Å². The number of nitrogens with zero attached hydrogens (tertiary/aromatic N) is 2. The van der Waals surface area contributed by atoms with E-state index in [4.69, 9.17) is 4.98 Å². The van der Waals surface area contributed by atoms with Gasteiger partial charge in [0.1, 0.15) is 5.82 Å². The Hall–Kier alpha value is -1.94. The van der Waals surface area contributed by atoms with E-state index in [2.05, 4.69) is 34.1 Å². The molecule has 0 bridgehead atoms. The lowest BCUT2D eigenvalue weighted by molar-refractivity contribution is 0.240. The van der Waals surface area contributed by atoms with Crippen LogP contribution >= 0.6 is 0 Å². The fourth-order valence-electron chi connectivity index (χ4n) is 3.21. The van der Waals surface area contributed by atoms with Crippen molar-refractivity contribution in [2.45, 2.75) is 38.8 Å². The molecule has 2 aliphatic rings. The molecule has 4 rings (SSSR count). The van der Waals surface area contributed by atoms with Crippen LogP contribution in [-0.4, -0.2) is 21.4 Å². The van der Waals surface area contributed by atoms with Crippen molar-refractivity contribution in [1.82, 2.24) is 14.9 Å². The molecule has 2 heterocycles. The fraction of sp³-hybridized carbons (Fsp3) is 0.444. The highest BCUT2D eigenvalue weighted by Gasteiger charge is 2.25. The lowest BCUT2D eigenvalue weighted by Gasteiger charge is -2.27. The maximum atomic E-state index is 12.2. The first-order chi connectivity index (χ1) is 10.8. The van der Waals surface area contributed by atoms with Crippen LogP contribution in [0.25, 0.3) is 0 Å². The predicted octanol–water partition coefficient (Wildman–Crippen LogP) is 2.28. The zero-order chi connectivity index (χ0) is 14.9. The Balaban J connectivity index is 1.53. The summed E-state index contributed by atoms with van der Waals surface area (Å²) >= 11 is 0. The molecule has 1 aliphatic heterocycles. The van der Waals surface area contributed by atoms with Crippen LogP contribution in [-0.2, 0) is 25.9 Å². The van der Waals surface area contributed by atoms with E-state index in [1.54, 1.807) is 0 Å². The average molecular weight is 295 g/mol. The second kappa shape index (κ2) is 5.69. The van der Waals surface area contributed by atoms with E-state index >= 15 is 0 Å². The molecular formula is C18H21N3O. The quantitative estimate of drug-likeness (QED) is 0.941. The third-order valence-corrected chi connectivity index (χ3v) is 4.63. The molecule has 1 fully saturated rings. The van der Waals surface area contributed by atoms with Gasteiger partial charge in [-0.1, -0.05) is 30.3 Å². The lowest BCUT2D eigenvalue weighted by Crippen LogP contribution is -2.35. The lowest BCUT2D eigenvalue weighted by atomic mass is 10.1. The molecule has 1 saturated carbocycles. The molecule has 4 nitrogen and oxygen atoms in total. The summed E-state index contributed by atoms with van der Waals surface area (Å²) in [6, 6.07) is 10.5. The zero-order valence-electron chi connectivity index (χ0n) is 12.7. The van der Waals surface area contributed by atoms with E-state index in [9.17, 15) is 4.79 Å². The highest BCUT2D eigenvalue weighted by Crippen LogP contribution is 2.31. The number of H-pyrrole nitrogens is 1. The molecule has 0 atom stereocenters. The van der Waals surface area contributed by atoms with Gasteiger partial charge in [0.15, 0.2) is 0 Å². The number of hydrogen-bond donors (Lipinski definition) is 1. The van der Waals surface area contributed by atoms with Gasteiger partial charge in [-0.05, 0) is 30.7 Å². The van der Waals surface area contributed by atoms with Crippen LogP contribution < -0.4 is 5.56 Å². The number of benzene rings is 1. The summed E-state index contributed by atoms with van der Waals surface area (Å²) in [7, 11) is 0. The summed E-state index contributed by atoms with van der Waals surface area (Å²) in [6.45, 7) is 2.63. The molecule has 0 saturated heterocycles. The summed E-state index contributed by atoms with van der Waals surface area (Å²) in [5, 5.41) is 0. The molecule has 0 unspecified atom stereocenters. The first kappa shape index (κ1) is 13.7. The maximum absolute atomic E-state index is 12.2. The molecular weight excluding hydrogens is 274 g/mol. The number of hydrogen-bond acceptors (Lipinski definition) is 3. The smallest absolute Gasteiger partial charge is 0.254 e. The minimum atomic E-state index is 0.0833. The standard InChI is InChI=1S/C18H21N3O/c22-18-15-8-9-21(11-14-4-2-1-3-5-14)12-16(15)19-17(20-18)10-13-6-7-13/h1-5,13H,6-12H2,(H,19,20,22). The Bertz CT molecular complexity index is 719. The summed E-state index contributed by atoms with van der Waals surface area (Å²) in [6.07, 6.45) is 4.29. The SMILES string of the molecule is O=c1[nH]c(CC2CC2)nc2c1CCN(Cc1ccccc1)C2. The fourth-order valence-corrected chi connectivity index (χ4v) is 3.21. The van der Waals surface area contributed by atoms with Gasteiger partial charge in [0.25, 0.3) is 5.56 Å². The van der Waals surface area contributed by atoms with Crippen molar-refractivity contribution in [2.75, 3.05) is 6.54 Å². The molecule has 114 valence electrons. The summed E-state index contributed by atoms with van der Waals surface area (Å²) in [4.78, 5) is 22.4. The predicted molar refractivity (Wildman–Crippen MR) is 85.5 cm³/mol. The Morgan fingerprint density at radius 2 is 2.05 bits per heavy atom. The minimum absolute atomic E-state index is 0.0833. The molecule has 0 amide bonds. The van der Waals surface area contributed by atoms with E-state index in [0.717, 1.165) is 55.5 Å². The molecule has 1 aromatic carbocycles. The third-order valence-electron chi connectivity index (χ3n) is 4.63. The van der Waals surface area contributed by atoms with Crippen LogP contribution in [0.4, 0.5) is 0 Å². The van der Waals surface area contributed by atoms with E-state index in [-0.39, 0.29) is 5.56 Å². The molecule has 2 aromatic rings. The third kappa shape index (κ3) is 2.97. The van der Waals surface area contributed by atoms with Crippen LogP contribution in [0.2, 0.25) is 0 Å². The Kier molecular flexibility index (Phi) is 3.54. The van der Waals surface area contributed by atoms with Crippen molar-refractivity contribution in [1.29, 1.82) is 0 Å². The number of nitrogens with one attached hydrogen (secondary N) is 1. The number of aromatic nitrogens is 2. The van der Waals surface area contributed by atoms with Crippen molar-refractivity contribution in [3.05, 3.63) is 63.3 Å². The molecule has 22 heavy (non-hydrogen) atoms. The maximum Gasteiger partial charge on any atom is 0.254 e. The Labute approximate surface area is 130 Å². The van der Waals surface area contributed by atoms with Crippen molar-refractivity contribution in [3.8, 4) is 0 Å². The topological polar surface area (TPSA) is 49.0 Å². The van der Waals surface area contributed by atoms with Gasteiger partial charge < -0.3 is 4.98 Å². The van der Waals surface area contributed by atoms with Crippen LogP contribution in [0.15, 0.2) is 35.1 Å². The van der Waals surface area contributed by atoms with E-state index in [1.165, 1.54) is 18.4 Å². The van der Waals surface area contributed by atoms with Crippen molar-refractivity contribution < 1.29 is 0 Å². The molecule has 1 aromatic heterocycles.